The van der Waals surface area contributed by atoms with Crippen molar-refractivity contribution in [3.63, 3.8) is 0 Å². The van der Waals surface area contributed by atoms with Crippen LogP contribution < -0.4 is 5.32 Å². The number of rotatable bonds is 4. The fourth-order valence-electron chi connectivity index (χ4n) is 2.88. The van der Waals surface area contributed by atoms with Gasteiger partial charge in [-0.3, -0.25) is 0 Å². The topological polar surface area (TPSA) is 21.3 Å². The van der Waals surface area contributed by atoms with Crippen molar-refractivity contribution in [3.05, 3.63) is 0 Å². The lowest BCUT2D eigenvalue weighted by Gasteiger charge is -2.36. The van der Waals surface area contributed by atoms with E-state index in [1.807, 2.05) is 0 Å². The summed E-state index contributed by atoms with van der Waals surface area (Å²) in [6.07, 6.45) is 8.15. The summed E-state index contributed by atoms with van der Waals surface area (Å²) in [6, 6.07) is 1.36. The van der Waals surface area contributed by atoms with E-state index >= 15 is 0 Å². The normalized spacial score (nSPS) is 36.2. The van der Waals surface area contributed by atoms with Crippen molar-refractivity contribution in [2.24, 2.45) is 0 Å². The van der Waals surface area contributed by atoms with Gasteiger partial charge in [-0.1, -0.05) is 19.8 Å². The third-order valence-corrected chi connectivity index (χ3v) is 5.02. The van der Waals surface area contributed by atoms with Crippen LogP contribution >= 0.6 is 11.8 Å². The zero-order valence-corrected chi connectivity index (χ0v) is 11.2. The third kappa shape index (κ3) is 3.64. The van der Waals surface area contributed by atoms with Crippen molar-refractivity contribution in [3.8, 4) is 0 Å². The minimum absolute atomic E-state index is 0.622. The van der Waals surface area contributed by atoms with E-state index in [0.717, 1.165) is 24.5 Å². The average molecular weight is 243 g/mol. The van der Waals surface area contributed by atoms with Crippen LogP contribution in [0.4, 0.5) is 0 Å². The first-order valence-electron chi connectivity index (χ1n) is 6.85. The first-order chi connectivity index (χ1) is 7.90. The Bertz CT molecular complexity index is 192. The molecule has 3 unspecified atom stereocenters. The minimum Gasteiger partial charge on any atom is -0.380 e. The van der Waals surface area contributed by atoms with Crippen LogP contribution in [0, 0.1) is 0 Å². The molecular formula is C13H25NOS. The highest BCUT2D eigenvalue weighted by molar-refractivity contribution is 7.99. The molecule has 2 nitrogen and oxygen atoms in total. The van der Waals surface area contributed by atoms with E-state index in [0.29, 0.717) is 6.04 Å². The first-order valence-corrected chi connectivity index (χ1v) is 7.90. The van der Waals surface area contributed by atoms with Crippen molar-refractivity contribution in [2.45, 2.75) is 62.8 Å². The Morgan fingerprint density at radius 3 is 2.81 bits per heavy atom. The predicted octanol–water partition coefficient (Wildman–Crippen LogP) is 2.82. The average Bonchev–Trinajstić information content (AvgIpc) is 2.33. The summed E-state index contributed by atoms with van der Waals surface area (Å²) >= 11 is 2.15. The molecule has 1 aliphatic carbocycles. The van der Waals surface area contributed by atoms with Crippen LogP contribution in [-0.4, -0.2) is 36.3 Å². The molecule has 0 aromatic heterocycles. The lowest BCUT2D eigenvalue weighted by Crippen LogP contribution is -2.48. The molecule has 0 spiro atoms. The maximum absolute atomic E-state index is 5.55. The maximum Gasteiger partial charge on any atom is 0.0619 e. The molecule has 0 amide bonds. The Hall–Kier alpha value is 0.270. The number of ether oxygens (including phenoxy) is 1. The number of hydrogen-bond acceptors (Lipinski definition) is 3. The van der Waals surface area contributed by atoms with Gasteiger partial charge < -0.3 is 10.1 Å². The van der Waals surface area contributed by atoms with Crippen LogP contribution in [-0.2, 0) is 4.74 Å². The molecule has 0 aromatic rings. The fraction of sp³-hybridized carbons (Fsp3) is 1.00. The summed E-state index contributed by atoms with van der Waals surface area (Å²) in [5, 5.41) is 4.69. The molecule has 0 radical (unpaired) electrons. The summed E-state index contributed by atoms with van der Waals surface area (Å²) in [6.45, 7) is 4.18. The standard InChI is InChI=1S/C13H25NOS/c1-2-16-13-8-4-3-7-12(13)14-11-6-5-9-15-10-11/h11-14H,2-10H2,1H3. The SMILES string of the molecule is CCSC1CCCCC1NC1CCCOC1. The van der Waals surface area contributed by atoms with Crippen molar-refractivity contribution >= 4 is 11.8 Å². The van der Waals surface area contributed by atoms with E-state index in [9.17, 15) is 0 Å². The molecule has 2 fully saturated rings. The van der Waals surface area contributed by atoms with Crippen molar-refractivity contribution in [1.29, 1.82) is 0 Å². The van der Waals surface area contributed by atoms with E-state index in [4.69, 9.17) is 4.74 Å². The minimum atomic E-state index is 0.622. The van der Waals surface area contributed by atoms with E-state index in [1.165, 1.54) is 44.3 Å². The molecule has 3 atom stereocenters. The highest BCUT2D eigenvalue weighted by Gasteiger charge is 2.27. The van der Waals surface area contributed by atoms with Crippen LogP contribution in [0.2, 0.25) is 0 Å². The predicted molar refractivity (Wildman–Crippen MR) is 71.2 cm³/mol. The van der Waals surface area contributed by atoms with E-state index < -0.39 is 0 Å². The van der Waals surface area contributed by atoms with Crippen LogP contribution in [0.5, 0.6) is 0 Å². The third-order valence-electron chi connectivity index (χ3n) is 3.69. The lowest BCUT2D eigenvalue weighted by molar-refractivity contribution is 0.0647. The second kappa shape index (κ2) is 6.87. The molecule has 1 aliphatic heterocycles. The van der Waals surface area contributed by atoms with Crippen LogP contribution in [0.15, 0.2) is 0 Å². The van der Waals surface area contributed by atoms with Gasteiger partial charge in [-0.05, 0) is 31.4 Å². The van der Waals surface area contributed by atoms with Crippen molar-refractivity contribution < 1.29 is 4.74 Å². The second-order valence-corrected chi connectivity index (χ2v) is 6.48. The first kappa shape index (κ1) is 12.7. The smallest absolute Gasteiger partial charge is 0.0619 e. The maximum atomic E-state index is 5.55. The Morgan fingerprint density at radius 2 is 2.06 bits per heavy atom. The zero-order chi connectivity index (χ0) is 11.2. The largest absolute Gasteiger partial charge is 0.380 e. The lowest BCUT2D eigenvalue weighted by atomic mass is 9.93. The monoisotopic (exact) mass is 243 g/mol. The number of thioether (sulfide) groups is 1. The van der Waals surface area contributed by atoms with E-state index in [-0.39, 0.29) is 0 Å². The Kier molecular flexibility index (Phi) is 5.46. The molecule has 16 heavy (non-hydrogen) atoms. The molecule has 0 aromatic carbocycles. The fourth-order valence-corrected chi connectivity index (χ4v) is 4.08. The van der Waals surface area contributed by atoms with Gasteiger partial charge in [-0.15, -0.1) is 0 Å². The summed E-state index contributed by atoms with van der Waals surface area (Å²) in [4.78, 5) is 0. The van der Waals surface area contributed by atoms with Gasteiger partial charge in [0.1, 0.15) is 0 Å². The quantitative estimate of drug-likeness (QED) is 0.820. The van der Waals surface area contributed by atoms with Gasteiger partial charge >= 0.3 is 0 Å². The van der Waals surface area contributed by atoms with Gasteiger partial charge in [0, 0.05) is 23.9 Å². The van der Waals surface area contributed by atoms with E-state index in [2.05, 4.69) is 24.0 Å². The Morgan fingerprint density at radius 1 is 1.19 bits per heavy atom. The summed E-state index contributed by atoms with van der Waals surface area (Å²) in [5.41, 5.74) is 0. The summed E-state index contributed by atoms with van der Waals surface area (Å²) in [5.74, 6) is 1.25. The van der Waals surface area contributed by atoms with Gasteiger partial charge in [0.25, 0.3) is 0 Å². The molecule has 1 heterocycles. The van der Waals surface area contributed by atoms with Gasteiger partial charge in [0.2, 0.25) is 0 Å². The molecule has 2 aliphatic rings. The summed E-state index contributed by atoms with van der Waals surface area (Å²) < 4.78 is 5.55. The second-order valence-electron chi connectivity index (χ2n) is 4.97. The van der Waals surface area contributed by atoms with Gasteiger partial charge in [0.15, 0.2) is 0 Å². The molecule has 2 rings (SSSR count). The number of nitrogens with one attached hydrogen (secondary N) is 1. The molecule has 0 bridgehead atoms. The molecule has 3 heteroatoms. The van der Waals surface area contributed by atoms with Crippen LogP contribution in [0.25, 0.3) is 0 Å². The molecule has 94 valence electrons. The summed E-state index contributed by atoms with van der Waals surface area (Å²) in [7, 11) is 0. The van der Waals surface area contributed by atoms with E-state index in [1.54, 1.807) is 0 Å². The number of hydrogen-bond donors (Lipinski definition) is 1. The van der Waals surface area contributed by atoms with Gasteiger partial charge in [0.05, 0.1) is 6.61 Å². The van der Waals surface area contributed by atoms with Crippen LogP contribution in [0.3, 0.4) is 0 Å². The van der Waals surface area contributed by atoms with Crippen molar-refractivity contribution in [2.75, 3.05) is 19.0 Å². The molecule has 1 saturated heterocycles. The Labute approximate surface area is 104 Å². The highest BCUT2D eigenvalue weighted by Crippen LogP contribution is 2.29. The highest BCUT2D eigenvalue weighted by atomic mass is 32.2. The zero-order valence-electron chi connectivity index (χ0n) is 10.4. The van der Waals surface area contributed by atoms with Crippen LogP contribution in [0.1, 0.15) is 45.4 Å². The van der Waals surface area contributed by atoms with Gasteiger partial charge in [-0.25, -0.2) is 0 Å². The van der Waals surface area contributed by atoms with Gasteiger partial charge in [-0.2, -0.15) is 11.8 Å². The Balaban J connectivity index is 1.80. The molecule has 1 N–H and O–H groups in total. The van der Waals surface area contributed by atoms with Crippen molar-refractivity contribution in [1.82, 2.24) is 5.32 Å². The molecular weight excluding hydrogens is 218 g/mol. The molecule has 1 saturated carbocycles.